The highest BCUT2D eigenvalue weighted by Crippen LogP contribution is 2.33. The number of aliphatic hydroxyl groups is 1. The lowest BCUT2D eigenvalue weighted by Crippen LogP contribution is -2.37. The van der Waals surface area contributed by atoms with Gasteiger partial charge in [-0.1, -0.05) is 18.9 Å². The number of imidazole rings is 1. The summed E-state index contributed by atoms with van der Waals surface area (Å²) in [6.07, 6.45) is 6.12. The molecule has 0 radical (unpaired) electrons. The van der Waals surface area contributed by atoms with Crippen molar-refractivity contribution in [2.45, 2.75) is 43.7 Å². The Morgan fingerprint density at radius 1 is 1.40 bits per heavy atom. The highest BCUT2D eigenvalue weighted by atomic mass is 19.1. The van der Waals surface area contributed by atoms with Crippen LogP contribution in [-0.4, -0.2) is 26.2 Å². The summed E-state index contributed by atoms with van der Waals surface area (Å²) in [7, 11) is 1.73. The average Bonchev–Trinajstić information content (AvgIpc) is 3.14. The molecule has 1 aromatic heterocycles. The average molecular weight is 349 g/mol. The van der Waals surface area contributed by atoms with Gasteiger partial charge >= 0.3 is 0 Å². The van der Waals surface area contributed by atoms with Crippen molar-refractivity contribution in [2.24, 2.45) is 7.05 Å². The maximum absolute atomic E-state index is 14.3. The Balaban J connectivity index is 1.87. The SMILES string of the molecule is Cn1ccnc1[C@H](NC(=O)CC1(O)CCCC1)c1ccc(F)cc1F. The fourth-order valence-electron chi connectivity index (χ4n) is 3.39. The number of nitrogens with zero attached hydrogens (tertiary/aromatic N) is 2. The lowest BCUT2D eigenvalue weighted by molar-refractivity contribution is -0.126. The lowest BCUT2D eigenvalue weighted by atomic mass is 9.97. The van der Waals surface area contributed by atoms with Crippen LogP contribution in [0, 0.1) is 11.6 Å². The number of carbonyl (C=O) groups is 1. The van der Waals surface area contributed by atoms with E-state index in [1.165, 1.54) is 6.07 Å². The Labute approximate surface area is 144 Å². The standard InChI is InChI=1S/C18H21F2N3O2/c1-23-9-8-21-17(23)16(13-5-4-12(19)10-14(13)20)22-15(24)11-18(25)6-2-3-7-18/h4-5,8-10,16,25H,2-3,6-7,11H2,1H3,(H,22,24)/t16-/m1/s1. The second kappa shape index (κ2) is 6.92. The molecule has 0 unspecified atom stereocenters. The van der Waals surface area contributed by atoms with E-state index in [9.17, 15) is 18.7 Å². The lowest BCUT2D eigenvalue weighted by Gasteiger charge is -2.24. The van der Waals surface area contributed by atoms with Crippen molar-refractivity contribution in [3.63, 3.8) is 0 Å². The van der Waals surface area contributed by atoms with E-state index in [1.54, 1.807) is 24.0 Å². The third kappa shape index (κ3) is 3.87. The molecule has 1 saturated carbocycles. The molecule has 1 atom stereocenters. The largest absolute Gasteiger partial charge is 0.389 e. The van der Waals surface area contributed by atoms with E-state index in [0.717, 1.165) is 25.0 Å². The maximum atomic E-state index is 14.3. The van der Waals surface area contributed by atoms with Crippen LogP contribution < -0.4 is 5.32 Å². The summed E-state index contributed by atoms with van der Waals surface area (Å²) in [5.74, 6) is -1.40. The van der Waals surface area contributed by atoms with Crippen LogP contribution in [0.15, 0.2) is 30.6 Å². The van der Waals surface area contributed by atoms with Crippen LogP contribution in [0.3, 0.4) is 0 Å². The highest BCUT2D eigenvalue weighted by molar-refractivity contribution is 5.78. The van der Waals surface area contributed by atoms with E-state index < -0.39 is 23.3 Å². The van der Waals surface area contributed by atoms with Gasteiger partial charge in [0.15, 0.2) is 0 Å². The number of benzene rings is 1. The van der Waals surface area contributed by atoms with Gasteiger partial charge in [-0.15, -0.1) is 0 Å². The van der Waals surface area contributed by atoms with Crippen molar-refractivity contribution < 1.29 is 18.7 Å². The normalized spacial score (nSPS) is 17.4. The maximum Gasteiger partial charge on any atom is 0.223 e. The molecule has 1 aliphatic rings. The predicted octanol–water partition coefficient (Wildman–Crippen LogP) is 2.60. The van der Waals surface area contributed by atoms with Crippen molar-refractivity contribution >= 4 is 5.91 Å². The van der Waals surface area contributed by atoms with E-state index in [1.807, 2.05) is 0 Å². The number of amides is 1. The second-order valence-corrected chi connectivity index (χ2v) is 6.67. The van der Waals surface area contributed by atoms with Gasteiger partial charge in [-0.3, -0.25) is 4.79 Å². The molecule has 1 fully saturated rings. The minimum absolute atomic E-state index is 0.0449. The zero-order valence-electron chi connectivity index (χ0n) is 14.0. The number of hydrogen-bond acceptors (Lipinski definition) is 3. The van der Waals surface area contributed by atoms with Crippen LogP contribution in [0.4, 0.5) is 8.78 Å². The Morgan fingerprint density at radius 3 is 2.72 bits per heavy atom. The third-order valence-corrected chi connectivity index (χ3v) is 4.72. The van der Waals surface area contributed by atoms with Crippen LogP contribution in [0.2, 0.25) is 0 Å². The number of nitrogens with one attached hydrogen (secondary N) is 1. The number of rotatable bonds is 5. The van der Waals surface area contributed by atoms with Gasteiger partial charge in [0.1, 0.15) is 23.5 Å². The number of aromatic nitrogens is 2. The molecule has 1 heterocycles. The van der Waals surface area contributed by atoms with E-state index >= 15 is 0 Å². The number of hydrogen-bond donors (Lipinski definition) is 2. The highest BCUT2D eigenvalue weighted by Gasteiger charge is 2.34. The molecule has 1 amide bonds. The molecular weight excluding hydrogens is 328 g/mol. The Morgan fingerprint density at radius 2 is 2.12 bits per heavy atom. The number of halogens is 2. The summed E-state index contributed by atoms with van der Waals surface area (Å²) in [5, 5.41) is 13.2. The van der Waals surface area contributed by atoms with Crippen molar-refractivity contribution in [2.75, 3.05) is 0 Å². The van der Waals surface area contributed by atoms with Crippen molar-refractivity contribution in [1.29, 1.82) is 0 Å². The predicted molar refractivity (Wildman–Crippen MR) is 87.6 cm³/mol. The first kappa shape index (κ1) is 17.5. The van der Waals surface area contributed by atoms with Gasteiger partial charge in [-0.05, 0) is 18.9 Å². The summed E-state index contributed by atoms with van der Waals surface area (Å²) < 4.78 is 29.2. The molecule has 7 heteroatoms. The van der Waals surface area contributed by atoms with Gasteiger partial charge in [0.2, 0.25) is 5.91 Å². The number of aryl methyl sites for hydroxylation is 1. The van der Waals surface area contributed by atoms with Crippen molar-refractivity contribution in [1.82, 2.24) is 14.9 Å². The fraction of sp³-hybridized carbons (Fsp3) is 0.444. The van der Waals surface area contributed by atoms with Gasteiger partial charge in [-0.2, -0.15) is 0 Å². The van der Waals surface area contributed by atoms with E-state index in [4.69, 9.17) is 0 Å². The first-order chi connectivity index (χ1) is 11.9. The first-order valence-corrected chi connectivity index (χ1v) is 8.32. The monoisotopic (exact) mass is 349 g/mol. The van der Waals surface area contributed by atoms with Crippen molar-refractivity contribution in [3.8, 4) is 0 Å². The van der Waals surface area contributed by atoms with Crippen LogP contribution in [0.5, 0.6) is 0 Å². The Hall–Kier alpha value is -2.28. The van der Waals surface area contributed by atoms with Gasteiger partial charge in [0.25, 0.3) is 0 Å². The smallest absolute Gasteiger partial charge is 0.223 e. The molecule has 2 N–H and O–H groups in total. The van der Waals surface area contributed by atoms with Crippen LogP contribution >= 0.6 is 0 Å². The summed E-state index contributed by atoms with van der Waals surface area (Å²) in [4.78, 5) is 16.7. The molecular formula is C18H21F2N3O2. The number of carbonyl (C=O) groups excluding carboxylic acids is 1. The quantitative estimate of drug-likeness (QED) is 0.872. The first-order valence-electron chi connectivity index (χ1n) is 8.32. The molecule has 0 aliphatic heterocycles. The Kier molecular flexibility index (Phi) is 4.85. The zero-order chi connectivity index (χ0) is 18.0. The fourth-order valence-corrected chi connectivity index (χ4v) is 3.39. The second-order valence-electron chi connectivity index (χ2n) is 6.67. The van der Waals surface area contributed by atoms with Gasteiger partial charge in [-0.25, -0.2) is 13.8 Å². The van der Waals surface area contributed by atoms with Crippen LogP contribution in [-0.2, 0) is 11.8 Å². The molecule has 1 aliphatic carbocycles. The van der Waals surface area contributed by atoms with Gasteiger partial charge in [0, 0.05) is 31.1 Å². The zero-order valence-corrected chi connectivity index (χ0v) is 14.0. The summed E-state index contributed by atoms with van der Waals surface area (Å²) in [5.41, 5.74) is -0.875. The minimum atomic E-state index is -1.00. The molecule has 134 valence electrons. The summed E-state index contributed by atoms with van der Waals surface area (Å²) in [6.45, 7) is 0. The molecule has 0 saturated heterocycles. The topological polar surface area (TPSA) is 67.2 Å². The van der Waals surface area contributed by atoms with Crippen LogP contribution in [0.25, 0.3) is 0 Å². The molecule has 1 aromatic carbocycles. The third-order valence-electron chi connectivity index (χ3n) is 4.72. The molecule has 2 aromatic rings. The summed E-state index contributed by atoms with van der Waals surface area (Å²) >= 11 is 0. The molecule has 5 nitrogen and oxygen atoms in total. The van der Waals surface area contributed by atoms with Gasteiger partial charge in [0.05, 0.1) is 12.0 Å². The molecule has 25 heavy (non-hydrogen) atoms. The molecule has 3 rings (SSSR count). The van der Waals surface area contributed by atoms with E-state index in [0.29, 0.717) is 18.7 Å². The molecule has 0 spiro atoms. The summed E-state index contributed by atoms with van der Waals surface area (Å²) in [6, 6.07) is 2.36. The van der Waals surface area contributed by atoms with E-state index in [2.05, 4.69) is 10.3 Å². The Bertz CT molecular complexity index is 769. The van der Waals surface area contributed by atoms with E-state index in [-0.39, 0.29) is 17.9 Å². The molecule has 0 bridgehead atoms. The van der Waals surface area contributed by atoms with Gasteiger partial charge < -0.3 is 15.0 Å². The van der Waals surface area contributed by atoms with Crippen LogP contribution in [0.1, 0.15) is 49.5 Å². The minimum Gasteiger partial charge on any atom is -0.389 e. The van der Waals surface area contributed by atoms with Crippen molar-refractivity contribution in [3.05, 3.63) is 53.6 Å².